The van der Waals surface area contributed by atoms with Gasteiger partial charge in [0.25, 0.3) is 0 Å². The number of thiophene rings is 1. The van der Waals surface area contributed by atoms with Crippen LogP contribution in [0.15, 0.2) is 30.6 Å². The SMILES string of the molecule is CCCCc1ccc(Nc2ncnc3sc4c(c23)CCC(C(C)(C)C)C4)cc1. The third-order valence-electron chi connectivity index (χ3n) is 6.11. The molecule has 28 heavy (non-hydrogen) atoms. The fourth-order valence-corrected chi connectivity index (χ4v) is 5.48. The van der Waals surface area contributed by atoms with E-state index in [2.05, 4.69) is 67.2 Å². The van der Waals surface area contributed by atoms with Crippen LogP contribution >= 0.6 is 11.3 Å². The van der Waals surface area contributed by atoms with E-state index in [1.54, 1.807) is 6.33 Å². The number of aryl methyl sites for hydroxylation is 2. The van der Waals surface area contributed by atoms with Crippen LogP contribution in [0.4, 0.5) is 11.5 Å². The number of unbranched alkanes of at least 4 members (excludes halogenated alkanes) is 1. The molecule has 3 aromatic rings. The molecule has 0 bridgehead atoms. The van der Waals surface area contributed by atoms with Gasteiger partial charge >= 0.3 is 0 Å². The lowest BCUT2D eigenvalue weighted by atomic mass is 9.72. The van der Waals surface area contributed by atoms with E-state index < -0.39 is 0 Å². The van der Waals surface area contributed by atoms with Crippen molar-refractivity contribution in [2.24, 2.45) is 11.3 Å². The Kier molecular flexibility index (Phi) is 5.42. The van der Waals surface area contributed by atoms with Gasteiger partial charge < -0.3 is 5.32 Å². The average Bonchev–Trinajstić information content (AvgIpc) is 3.05. The number of hydrogen-bond donors (Lipinski definition) is 1. The molecule has 0 saturated heterocycles. The maximum absolute atomic E-state index is 4.61. The zero-order valence-electron chi connectivity index (χ0n) is 17.5. The second kappa shape index (κ2) is 7.82. The summed E-state index contributed by atoms with van der Waals surface area (Å²) in [7, 11) is 0. The lowest BCUT2D eigenvalue weighted by Gasteiger charge is -2.33. The van der Waals surface area contributed by atoms with Crippen molar-refractivity contribution < 1.29 is 0 Å². The third kappa shape index (κ3) is 3.93. The molecule has 2 aromatic heterocycles. The summed E-state index contributed by atoms with van der Waals surface area (Å²) in [4.78, 5) is 11.8. The van der Waals surface area contributed by atoms with Gasteiger partial charge in [-0.25, -0.2) is 9.97 Å². The van der Waals surface area contributed by atoms with Crippen molar-refractivity contribution in [2.45, 2.75) is 66.2 Å². The molecule has 1 aliphatic carbocycles. The average molecular weight is 394 g/mol. The maximum Gasteiger partial charge on any atom is 0.142 e. The highest BCUT2D eigenvalue weighted by atomic mass is 32.1. The van der Waals surface area contributed by atoms with Gasteiger partial charge in [0.05, 0.1) is 5.39 Å². The molecule has 148 valence electrons. The molecule has 3 nitrogen and oxygen atoms in total. The van der Waals surface area contributed by atoms with Crippen LogP contribution in [0.2, 0.25) is 0 Å². The number of fused-ring (bicyclic) bond motifs is 3. The van der Waals surface area contributed by atoms with Gasteiger partial charge in [0.1, 0.15) is 17.0 Å². The first-order chi connectivity index (χ1) is 13.5. The highest BCUT2D eigenvalue weighted by Crippen LogP contribution is 2.44. The third-order valence-corrected chi connectivity index (χ3v) is 7.27. The van der Waals surface area contributed by atoms with Crippen molar-refractivity contribution in [1.29, 1.82) is 0 Å². The number of hydrogen-bond acceptors (Lipinski definition) is 4. The first kappa shape index (κ1) is 19.4. The fourth-order valence-electron chi connectivity index (χ4n) is 4.22. The Hall–Kier alpha value is -1.94. The molecule has 0 saturated carbocycles. The zero-order chi connectivity index (χ0) is 19.7. The first-order valence-electron chi connectivity index (χ1n) is 10.6. The molecule has 1 aromatic carbocycles. The summed E-state index contributed by atoms with van der Waals surface area (Å²) in [6.45, 7) is 9.34. The van der Waals surface area contributed by atoms with E-state index in [1.165, 1.54) is 47.1 Å². The molecule has 0 amide bonds. The van der Waals surface area contributed by atoms with Crippen LogP contribution < -0.4 is 5.32 Å². The van der Waals surface area contributed by atoms with E-state index in [-0.39, 0.29) is 0 Å². The number of aromatic nitrogens is 2. The normalized spacial score (nSPS) is 16.9. The molecule has 0 radical (unpaired) electrons. The summed E-state index contributed by atoms with van der Waals surface area (Å²) in [6, 6.07) is 8.81. The quantitative estimate of drug-likeness (QED) is 0.511. The van der Waals surface area contributed by atoms with Crippen LogP contribution in [0.25, 0.3) is 10.2 Å². The van der Waals surface area contributed by atoms with Gasteiger partial charge in [-0.2, -0.15) is 0 Å². The Labute approximate surface area is 172 Å². The predicted molar refractivity (Wildman–Crippen MR) is 121 cm³/mol. The topological polar surface area (TPSA) is 37.8 Å². The Morgan fingerprint density at radius 3 is 2.64 bits per heavy atom. The standard InChI is InChI=1S/C24H31N3S/c1-5-6-7-16-8-11-18(12-9-16)27-22-21-19-13-10-17(24(2,3)4)14-20(19)28-23(21)26-15-25-22/h8-9,11-12,15,17H,5-7,10,13-14H2,1-4H3,(H,25,26,27). The van der Waals surface area contributed by atoms with Gasteiger partial charge in [0, 0.05) is 10.6 Å². The number of nitrogens with zero attached hydrogens (tertiary/aromatic N) is 2. The van der Waals surface area contributed by atoms with E-state index in [9.17, 15) is 0 Å². The molecule has 2 heterocycles. The van der Waals surface area contributed by atoms with E-state index in [4.69, 9.17) is 0 Å². The molecule has 0 fully saturated rings. The van der Waals surface area contributed by atoms with Gasteiger partial charge in [-0.3, -0.25) is 0 Å². The lowest BCUT2D eigenvalue weighted by Crippen LogP contribution is -2.26. The maximum atomic E-state index is 4.61. The van der Waals surface area contributed by atoms with E-state index in [0.29, 0.717) is 5.41 Å². The number of nitrogens with one attached hydrogen (secondary N) is 1. The summed E-state index contributed by atoms with van der Waals surface area (Å²) in [6.07, 6.45) is 8.89. The lowest BCUT2D eigenvalue weighted by molar-refractivity contribution is 0.218. The molecule has 1 unspecified atom stereocenters. The molecule has 0 aliphatic heterocycles. The first-order valence-corrected chi connectivity index (χ1v) is 11.4. The van der Waals surface area contributed by atoms with Gasteiger partial charge in [-0.1, -0.05) is 46.2 Å². The molecule has 4 rings (SSSR count). The minimum absolute atomic E-state index is 0.361. The second-order valence-corrected chi connectivity index (χ2v) is 10.2. The second-order valence-electron chi connectivity index (χ2n) is 9.14. The zero-order valence-corrected chi connectivity index (χ0v) is 18.3. The van der Waals surface area contributed by atoms with Gasteiger partial charge in [-0.05, 0) is 66.7 Å². The van der Waals surface area contributed by atoms with Gasteiger partial charge in [-0.15, -0.1) is 11.3 Å². The minimum Gasteiger partial charge on any atom is -0.340 e. The minimum atomic E-state index is 0.361. The van der Waals surface area contributed by atoms with Crippen molar-refractivity contribution in [3.05, 3.63) is 46.6 Å². The Morgan fingerprint density at radius 1 is 1.14 bits per heavy atom. The summed E-state index contributed by atoms with van der Waals surface area (Å²) in [5, 5.41) is 4.80. The molecular weight excluding hydrogens is 362 g/mol. The van der Waals surface area contributed by atoms with Gasteiger partial charge in [0.15, 0.2) is 0 Å². The summed E-state index contributed by atoms with van der Waals surface area (Å²) >= 11 is 1.86. The fraction of sp³-hybridized carbons (Fsp3) is 0.500. The monoisotopic (exact) mass is 393 g/mol. The van der Waals surface area contributed by atoms with Crippen molar-refractivity contribution in [3.63, 3.8) is 0 Å². The van der Waals surface area contributed by atoms with Crippen LogP contribution in [0, 0.1) is 11.3 Å². The molecule has 1 aliphatic rings. The molecule has 4 heteroatoms. The number of benzene rings is 1. The van der Waals surface area contributed by atoms with E-state index in [1.807, 2.05) is 11.3 Å². The largest absolute Gasteiger partial charge is 0.340 e. The Bertz CT molecular complexity index is 950. The Morgan fingerprint density at radius 2 is 1.93 bits per heavy atom. The van der Waals surface area contributed by atoms with Crippen LogP contribution in [0.3, 0.4) is 0 Å². The van der Waals surface area contributed by atoms with Gasteiger partial charge in [0.2, 0.25) is 0 Å². The van der Waals surface area contributed by atoms with Crippen LogP contribution in [0.1, 0.15) is 63.0 Å². The Balaban J connectivity index is 1.61. The molecule has 1 N–H and O–H groups in total. The summed E-state index contributed by atoms with van der Waals surface area (Å²) < 4.78 is 0. The van der Waals surface area contributed by atoms with Crippen LogP contribution in [-0.2, 0) is 19.3 Å². The van der Waals surface area contributed by atoms with Crippen LogP contribution in [-0.4, -0.2) is 9.97 Å². The smallest absolute Gasteiger partial charge is 0.142 e. The van der Waals surface area contributed by atoms with Crippen molar-refractivity contribution >= 4 is 33.1 Å². The van der Waals surface area contributed by atoms with Crippen LogP contribution in [0.5, 0.6) is 0 Å². The molecule has 0 spiro atoms. The number of anilines is 2. The highest BCUT2D eigenvalue weighted by Gasteiger charge is 2.31. The predicted octanol–water partition coefficient (Wildman–Crippen LogP) is 6.93. The van der Waals surface area contributed by atoms with Crippen molar-refractivity contribution in [2.75, 3.05) is 5.32 Å². The van der Waals surface area contributed by atoms with E-state index in [0.717, 1.165) is 35.1 Å². The highest BCUT2D eigenvalue weighted by molar-refractivity contribution is 7.19. The molecule has 1 atom stereocenters. The summed E-state index contributed by atoms with van der Waals surface area (Å²) in [5.74, 6) is 1.70. The van der Waals surface area contributed by atoms with Crippen molar-refractivity contribution in [1.82, 2.24) is 9.97 Å². The number of rotatable bonds is 5. The molecular formula is C24H31N3S. The summed E-state index contributed by atoms with van der Waals surface area (Å²) in [5.41, 5.74) is 4.34. The van der Waals surface area contributed by atoms with Crippen molar-refractivity contribution in [3.8, 4) is 0 Å². The van der Waals surface area contributed by atoms with E-state index >= 15 is 0 Å².